The van der Waals surface area contributed by atoms with Gasteiger partial charge in [-0.25, -0.2) is 0 Å². The SMILES string of the molecule is CC(=O)OCCn1c2ccccc2c2c3c[nH]c(O)c3c3c(c21)Cc1ccccc1-3. The van der Waals surface area contributed by atoms with E-state index in [-0.39, 0.29) is 11.8 Å². The first-order valence-corrected chi connectivity index (χ1v) is 10.1. The Hall–Kier alpha value is -3.73. The van der Waals surface area contributed by atoms with Crippen LogP contribution in [-0.2, 0) is 22.5 Å². The predicted molar refractivity (Wildman–Crippen MR) is 118 cm³/mol. The summed E-state index contributed by atoms with van der Waals surface area (Å²) in [6.07, 6.45) is 2.71. The summed E-state index contributed by atoms with van der Waals surface area (Å²) >= 11 is 0. The summed E-state index contributed by atoms with van der Waals surface area (Å²) in [5.74, 6) is -0.0667. The third-order valence-corrected chi connectivity index (χ3v) is 6.21. The summed E-state index contributed by atoms with van der Waals surface area (Å²) in [6.45, 7) is 2.34. The Kier molecular flexibility index (Phi) is 3.51. The van der Waals surface area contributed by atoms with Crippen LogP contribution in [0, 0.1) is 0 Å². The molecule has 2 N–H and O–H groups in total. The van der Waals surface area contributed by atoms with Crippen molar-refractivity contribution in [1.29, 1.82) is 0 Å². The van der Waals surface area contributed by atoms with Gasteiger partial charge in [0, 0.05) is 46.8 Å². The van der Waals surface area contributed by atoms with E-state index in [1.807, 2.05) is 24.4 Å². The van der Waals surface area contributed by atoms with Crippen LogP contribution < -0.4 is 0 Å². The van der Waals surface area contributed by atoms with Gasteiger partial charge in [-0.1, -0.05) is 42.5 Å². The second-order valence-electron chi connectivity index (χ2n) is 7.85. The lowest BCUT2D eigenvalue weighted by Gasteiger charge is -2.12. The van der Waals surface area contributed by atoms with Crippen LogP contribution in [0.15, 0.2) is 54.7 Å². The number of rotatable bonds is 3. The minimum Gasteiger partial charge on any atom is -0.494 e. The number of para-hydroxylation sites is 1. The molecule has 5 aromatic rings. The first kappa shape index (κ1) is 17.2. The van der Waals surface area contributed by atoms with E-state index in [1.165, 1.54) is 23.6 Å². The highest BCUT2D eigenvalue weighted by Crippen LogP contribution is 2.50. The van der Waals surface area contributed by atoms with E-state index >= 15 is 0 Å². The number of benzene rings is 3. The summed E-state index contributed by atoms with van der Waals surface area (Å²) in [4.78, 5) is 14.4. The zero-order chi connectivity index (χ0) is 20.4. The second-order valence-corrected chi connectivity index (χ2v) is 7.85. The van der Waals surface area contributed by atoms with Gasteiger partial charge in [0.25, 0.3) is 0 Å². The lowest BCUT2D eigenvalue weighted by molar-refractivity contribution is -0.141. The monoisotopic (exact) mass is 396 g/mol. The fourth-order valence-corrected chi connectivity index (χ4v) is 5.11. The maximum absolute atomic E-state index is 11.3. The Morgan fingerprint density at radius 2 is 1.90 bits per heavy atom. The van der Waals surface area contributed by atoms with Gasteiger partial charge >= 0.3 is 5.97 Å². The number of carbonyl (C=O) groups is 1. The van der Waals surface area contributed by atoms with Crippen molar-refractivity contribution < 1.29 is 14.6 Å². The molecule has 6 rings (SSSR count). The Balaban J connectivity index is 1.77. The highest BCUT2D eigenvalue weighted by Gasteiger charge is 2.29. The molecule has 5 nitrogen and oxygen atoms in total. The van der Waals surface area contributed by atoms with Gasteiger partial charge in [0.1, 0.15) is 6.61 Å². The molecule has 0 spiro atoms. The molecule has 5 heteroatoms. The van der Waals surface area contributed by atoms with Crippen LogP contribution in [0.1, 0.15) is 18.1 Å². The second kappa shape index (κ2) is 6.13. The number of ether oxygens (including phenoxy) is 1. The number of hydrogen-bond donors (Lipinski definition) is 2. The number of hydrogen-bond acceptors (Lipinski definition) is 3. The molecule has 3 aromatic carbocycles. The van der Waals surface area contributed by atoms with Crippen LogP contribution in [-0.4, -0.2) is 27.2 Å². The normalized spacial score (nSPS) is 12.6. The maximum atomic E-state index is 11.3. The number of aromatic hydroxyl groups is 1. The number of nitrogens with one attached hydrogen (secondary N) is 1. The van der Waals surface area contributed by atoms with Gasteiger partial charge in [0.05, 0.1) is 17.4 Å². The highest BCUT2D eigenvalue weighted by molar-refractivity contribution is 6.26. The summed E-state index contributed by atoms with van der Waals surface area (Å²) in [7, 11) is 0. The van der Waals surface area contributed by atoms with Gasteiger partial charge in [-0.2, -0.15) is 0 Å². The van der Waals surface area contributed by atoms with E-state index in [4.69, 9.17) is 4.74 Å². The van der Waals surface area contributed by atoms with Crippen molar-refractivity contribution in [2.24, 2.45) is 0 Å². The number of H-pyrrole nitrogens is 1. The summed E-state index contributed by atoms with van der Waals surface area (Å²) in [6, 6.07) is 16.7. The predicted octanol–water partition coefficient (Wildman–Crippen LogP) is 5.12. The summed E-state index contributed by atoms with van der Waals surface area (Å²) < 4.78 is 7.55. The average Bonchev–Trinajstić information content (AvgIpc) is 3.40. The molecular formula is C25H20N2O3. The minimum atomic E-state index is -0.272. The van der Waals surface area contributed by atoms with E-state index in [2.05, 4.69) is 39.9 Å². The van der Waals surface area contributed by atoms with Gasteiger partial charge in [0.15, 0.2) is 5.88 Å². The molecule has 0 aliphatic heterocycles. The smallest absolute Gasteiger partial charge is 0.302 e. The van der Waals surface area contributed by atoms with Gasteiger partial charge in [0.2, 0.25) is 0 Å². The Morgan fingerprint density at radius 1 is 1.10 bits per heavy atom. The Labute approximate surface area is 172 Å². The lowest BCUT2D eigenvalue weighted by atomic mass is 9.96. The van der Waals surface area contributed by atoms with Crippen molar-refractivity contribution in [3.63, 3.8) is 0 Å². The Bertz CT molecular complexity index is 1490. The number of nitrogens with zero attached hydrogens (tertiary/aromatic N) is 1. The fourth-order valence-electron chi connectivity index (χ4n) is 5.11. The maximum Gasteiger partial charge on any atom is 0.302 e. The van der Waals surface area contributed by atoms with Crippen LogP contribution in [0.2, 0.25) is 0 Å². The lowest BCUT2D eigenvalue weighted by Crippen LogP contribution is -2.09. The van der Waals surface area contributed by atoms with Crippen molar-refractivity contribution in [3.8, 4) is 17.0 Å². The molecular weight excluding hydrogens is 376 g/mol. The molecule has 1 aliphatic rings. The molecule has 0 fully saturated rings. The molecule has 30 heavy (non-hydrogen) atoms. The molecule has 0 saturated carbocycles. The molecule has 2 aromatic heterocycles. The van der Waals surface area contributed by atoms with Gasteiger partial charge in [-0.05, 0) is 22.8 Å². The van der Waals surface area contributed by atoms with Crippen LogP contribution in [0.3, 0.4) is 0 Å². The number of aromatic amines is 1. The zero-order valence-electron chi connectivity index (χ0n) is 16.5. The van der Waals surface area contributed by atoms with E-state index in [9.17, 15) is 9.90 Å². The zero-order valence-corrected chi connectivity index (χ0v) is 16.5. The molecule has 0 atom stereocenters. The number of aromatic nitrogens is 2. The molecule has 0 radical (unpaired) electrons. The van der Waals surface area contributed by atoms with Crippen LogP contribution >= 0.6 is 0 Å². The third kappa shape index (κ3) is 2.20. The molecule has 148 valence electrons. The largest absolute Gasteiger partial charge is 0.494 e. The van der Waals surface area contributed by atoms with Crippen molar-refractivity contribution in [2.45, 2.75) is 19.9 Å². The van der Waals surface area contributed by atoms with Crippen LogP contribution in [0.25, 0.3) is 43.7 Å². The quantitative estimate of drug-likeness (QED) is 0.408. The van der Waals surface area contributed by atoms with E-state index < -0.39 is 0 Å². The standard InChI is InChI=1S/C25H20N2O3/c1-14(28)30-11-10-27-20-9-5-4-8-17(20)22-19-13-26-25(29)23(19)21-16-7-3-2-6-15(16)12-18(21)24(22)27/h2-9,13,26,29H,10-12H2,1H3. The van der Waals surface area contributed by atoms with Crippen molar-refractivity contribution in [1.82, 2.24) is 9.55 Å². The van der Waals surface area contributed by atoms with E-state index in [1.54, 1.807) is 0 Å². The molecule has 1 aliphatic carbocycles. The van der Waals surface area contributed by atoms with Gasteiger partial charge < -0.3 is 19.4 Å². The first-order valence-electron chi connectivity index (χ1n) is 10.1. The molecule has 0 saturated heterocycles. The molecule has 0 amide bonds. The Morgan fingerprint density at radius 3 is 2.77 bits per heavy atom. The summed E-state index contributed by atoms with van der Waals surface area (Å²) in [5, 5.41) is 14.9. The highest BCUT2D eigenvalue weighted by atomic mass is 16.5. The van der Waals surface area contributed by atoms with Crippen molar-refractivity contribution >= 4 is 38.5 Å². The topological polar surface area (TPSA) is 67.2 Å². The van der Waals surface area contributed by atoms with Crippen molar-refractivity contribution in [2.75, 3.05) is 6.61 Å². The van der Waals surface area contributed by atoms with Crippen LogP contribution in [0.5, 0.6) is 5.88 Å². The molecule has 0 bridgehead atoms. The summed E-state index contributed by atoms with van der Waals surface area (Å²) in [5.41, 5.74) is 7.01. The first-order chi connectivity index (χ1) is 14.6. The molecule has 0 unspecified atom stereocenters. The molecule has 2 heterocycles. The number of esters is 1. The number of carbonyl (C=O) groups excluding carboxylic acids is 1. The van der Waals surface area contributed by atoms with Crippen molar-refractivity contribution in [3.05, 3.63) is 65.9 Å². The van der Waals surface area contributed by atoms with Gasteiger partial charge in [-0.15, -0.1) is 0 Å². The minimum absolute atomic E-state index is 0.205. The average molecular weight is 396 g/mol. The van der Waals surface area contributed by atoms with E-state index in [0.717, 1.165) is 44.6 Å². The number of fused-ring (bicyclic) bond motifs is 10. The van der Waals surface area contributed by atoms with Crippen LogP contribution in [0.4, 0.5) is 0 Å². The van der Waals surface area contributed by atoms with Gasteiger partial charge in [-0.3, -0.25) is 4.79 Å². The third-order valence-electron chi connectivity index (χ3n) is 6.21. The fraction of sp³-hybridized carbons (Fsp3) is 0.160. The van der Waals surface area contributed by atoms with E-state index in [0.29, 0.717) is 13.2 Å².